The Morgan fingerprint density at radius 2 is 2.05 bits per heavy atom. The van der Waals surface area contributed by atoms with Gasteiger partial charge in [0.05, 0.1) is 24.2 Å². The van der Waals surface area contributed by atoms with Gasteiger partial charge >= 0.3 is 0 Å². The maximum atomic E-state index is 11.5. The third-order valence-electron chi connectivity index (χ3n) is 3.65. The molecular weight excluding hydrogens is 264 g/mol. The van der Waals surface area contributed by atoms with Gasteiger partial charge < -0.3 is 15.8 Å². The predicted molar refractivity (Wildman–Crippen MR) is 76.3 cm³/mol. The lowest BCUT2D eigenvalue weighted by Gasteiger charge is -2.37. The van der Waals surface area contributed by atoms with Crippen LogP contribution in [-0.4, -0.2) is 39.1 Å². The smallest absolute Gasteiger partial charge is 0.150 e. The summed E-state index contributed by atoms with van der Waals surface area (Å²) in [5.41, 5.74) is 6.43. The Bertz CT molecular complexity index is 529. The highest BCUT2D eigenvalue weighted by molar-refractivity contribution is 7.91. The largest absolute Gasteiger partial charge is 0.497 e. The first-order valence-corrected chi connectivity index (χ1v) is 8.13. The van der Waals surface area contributed by atoms with Crippen molar-refractivity contribution in [3.05, 3.63) is 24.3 Å². The van der Waals surface area contributed by atoms with E-state index in [4.69, 9.17) is 10.5 Å². The maximum absolute atomic E-state index is 11.5. The van der Waals surface area contributed by atoms with Crippen molar-refractivity contribution >= 4 is 15.5 Å². The van der Waals surface area contributed by atoms with Crippen LogP contribution in [0.3, 0.4) is 0 Å². The van der Waals surface area contributed by atoms with Gasteiger partial charge in [-0.05, 0) is 25.0 Å². The number of sulfone groups is 1. The van der Waals surface area contributed by atoms with Crippen molar-refractivity contribution in [2.75, 3.05) is 30.5 Å². The molecule has 1 fully saturated rings. The van der Waals surface area contributed by atoms with Crippen LogP contribution >= 0.6 is 0 Å². The van der Waals surface area contributed by atoms with Gasteiger partial charge in [-0.3, -0.25) is 0 Å². The van der Waals surface area contributed by atoms with Crippen molar-refractivity contribution in [3.8, 4) is 5.75 Å². The molecule has 1 aromatic carbocycles. The fourth-order valence-electron chi connectivity index (χ4n) is 2.32. The number of methoxy groups -OCH3 is 1. The lowest BCUT2D eigenvalue weighted by atomic mass is 9.92. The van der Waals surface area contributed by atoms with Gasteiger partial charge in [0, 0.05) is 18.3 Å². The van der Waals surface area contributed by atoms with Crippen LogP contribution in [0.2, 0.25) is 0 Å². The fraction of sp³-hybridized carbons (Fsp3) is 0.538. The second kappa shape index (κ2) is 5.38. The zero-order chi connectivity index (χ0) is 13.9. The molecule has 0 aliphatic carbocycles. The number of hydrogen-bond donors (Lipinski definition) is 2. The van der Waals surface area contributed by atoms with Crippen molar-refractivity contribution in [2.45, 2.75) is 18.4 Å². The third-order valence-corrected chi connectivity index (χ3v) is 5.31. The second-order valence-corrected chi connectivity index (χ2v) is 7.30. The lowest BCUT2D eigenvalue weighted by Crippen LogP contribution is -2.51. The van der Waals surface area contributed by atoms with Gasteiger partial charge in [-0.25, -0.2) is 8.42 Å². The molecule has 106 valence electrons. The molecule has 2 rings (SSSR count). The molecule has 0 aromatic heterocycles. The molecule has 1 aromatic rings. The average molecular weight is 284 g/mol. The monoisotopic (exact) mass is 284 g/mol. The molecule has 1 saturated heterocycles. The Morgan fingerprint density at radius 1 is 1.37 bits per heavy atom. The first kappa shape index (κ1) is 14.1. The van der Waals surface area contributed by atoms with Gasteiger partial charge in [0.15, 0.2) is 9.84 Å². The molecule has 0 radical (unpaired) electrons. The standard InChI is InChI=1S/C13H20N2O3S/c1-18-12-4-2-3-11(9-12)15-13(10-14)5-7-19(16,17)8-6-13/h2-4,9,15H,5-8,10,14H2,1H3. The summed E-state index contributed by atoms with van der Waals surface area (Å²) in [4.78, 5) is 0. The van der Waals surface area contributed by atoms with E-state index < -0.39 is 9.84 Å². The Hall–Kier alpha value is -1.27. The number of anilines is 1. The Labute approximate surface area is 114 Å². The van der Waals surface area contributed by atoms with Crippen LogP contribution in [0.5, 0.6) is 5.75 Å². The molecule has 3 N–H and O–H groups in total. The van der Waals surface area contributed by atoms with E-state index in [1.165, 1.54) is 0 Å². The molecule has 19 heavy (non-hydrogen) atoms. The third kappa shape index (κ3) is 3.39. The van der Waals surface area contributed by atoms with Crippen molar-refractivity contribution < 1.29 is 13.2 Å². The first-order valence-electron chi connectivity index (χ1n) is 6.31. The summed E-state index contributed by atoms with van der Waals surface area (Å²) in [6, 6.07) is 7.58. The SMILES string of the molecule is COc1cccc(NC2(CN)CCS(=O)(=O)CC2)c1. The van der Waals surface area contributed by atoms with E-state index in [-0.39, 0.29) is 17.0 Å². The molecule has 0 unspecified atom stereocenters. The topological polar surface area (TPSA) is 81.4 Å². The fourth-order valence-corrected chi connectivity index (χ4v) is 3.92. The Kier molecular flexibility index (Phi) is 4.01. The van der Waals surface area contributed by atoms with Crippen molar-refractivity contribution in [3.63, 3.8) is 0 Å². The molecule has 1 aliphatic heterocycles. The molecule has 5 nitrogen and oxygen atoms in total. The molecule has 0 saturated carbocycles. The second-order valence-electron chi connectivity index (χ2n) is 4.99. The van der Waals surface area contributed by atoms with E-state index in [0.717, 1.165) is 11.4 Å². The molecular formula is C13H20N2O3S. The maximum Gasteiger partial charge on any atom is 0.150 e. The molecule has 0 amide bonds. The van der Waals surface area contributed by atoms with Crippen LogP contribution in [0.25, 0.3) is 0 Å². The minimum Gasteiger partial charge on any atom is -0.497 e. The zero-order valence-corrected chi connectivity index (χ0v) is 11.9. The summed E-state index contributed by atoms with van der Waals surface area (Å²) in [6.07, 6.45) is 1.09. The number of nitrogens with one attached hydrogen (secondary N) is 1. The van der Waals surface area contributed by atoms with E-state index in [1.54, 1.807) is 7.11 Å². The van der Waals surface area contributed by atoms with E-state index in [2.05, 4.69) is 5.32 Å². The van der Waals surface area contributed by atoms with E-state index in [1.807, 2.05) is 24.3 Å². The van der Waals surface area contributed by atoms with Gasteiger partial charge in [-0.2, -0.15) is 0 Å². The number of nitrogens with two attached hydrogens (primary N) is 1. The quantitative estimate of drug-likeness (QED) is 0.862. The van der Waals surface area contributed by atoms with Gasteiger partial charge in [0.2, 0.25) is 0 Å². The van der Waals surface area contributed by atoms with Crippen LogP contribution in [0, 0.1) is 0 Å². The van der Waals surface area contributed by atoms with Crippen LogP contribution in [-0.2, 0) is 9.84 Å². The lowest BCUT2D eigenvalue weighted by molar-refractivity contribution is 0.412. The van der Waals surface area contributed by atoms with Crippen LogP contribution in [0.15, 0.2) is 24.3 Å². The van der Waals surface area contributed by atoms with Gasteiger partial charge in [-0.1, -0.05) is 6.07 Å². The Morgan fingerprint density at radius 3 is 2.63 bits per heavy atom. The van der Waals surface area contributed by atoms with Crippen molar-refractivity contribution in [1.82, 2.24) is 0 Å². The molecule has 0 bridgehead atoms. The van der Waals surface area contributed by atoms with Crippen molar-refractivity contribution in [1.29, 1.82) is 0 Å². The highest BCUT2D eigenvalue weighted by Crippen LogP contribution is 2.28. The minimum absolute atomic E-state index is 0.196. The normalized spacial score (nSPS) is 20.7. The highest BCUT2D eigenvalue weighted by Gasteiger charge is 2.36. The van der Waals surface area contributed by atoms with Gasteiger partial charge in [-0.15, -0.1) is 0 Å². The molecule has 1 aliphatic rings. The highest BCUT2D eigenvalue weighted by atomic mass is 32.2. The first-order chi connectivity index (χ1) is 8.99. The van der Waals surface area contributed by atoms with E-state index in [0.29, 0.717) is 19.4 Å². The zero-order valence-electron chi connectivity index (χ0n) is 11.1. The van der Waals surface area contributed by atoms with Gasteiger partial charge in [0.1, 0.15) is 5.75 Å². The van der Waals surface area contributed by atoms with Gasteiger partial charge in [0.25, 0.3) is 0 Å². The summed E-state index contributed by atoms with van der Waals surface area (Å²) in [5, 5.41) is 3.39. The predicted octanol–water partition coefficient (Wildman–Crippen LogP) is 1.01. The van der Waals surface area contributed by atoms with Crippen LogP contribution in [0.4, 0.5) is 5.69 Å². The van der Waals surface area contributed by atoms with E-state index >= 15 is 0 Å². The van der Waals surface area contributed by atoms with E-state index in [9.17, 15) is 8.42 Å². The number of hydrogen-bond acceptors (Lipinski definition) is 5. The number of benzene rings is 1. The molecule has 6 heteroatoms. The molecule has 1 heterocycles. The number of rotatable bonds is 4. The summed E-state index contributed by atoms with van der Waals surface area (Å²) >= 11 is 0. The summed E-state index contributed by atoms with van der Waals surface area (Å²) in [5.74, 6) is 1.16. The summed E-state index contributed by atoms with van der Waals surface area (Å²) in [7, 11) is -1.27. The molecule has 0 spiro atoms. The van der Waals surface area contributed by atoms with Crippen LogP contribution in [0.1, 0.15) is 12.8 Å². The minimum atomic E-state index is -2.89. The summed E-state index contributed by atoms with van der Waals surface area (Å²) in [6.45, 7) is 0.416. The van der Waals surface area contributed by atoms with Crippen LogP contribution < -0.4 is 15.8 Å². The Balaban J connectivity index is 2.14. The van der Waals surface area contributed by atoms with Crippen molar-refractivity contribution in [2.24, 2.45) is 5.73 Å². The number of ether oxygens (including phenoxy) is 1. The molecule has 0 atom stereocenters. The summed E-state index contributed by atoms with van der Waals surface area (Å²) < 4.78 is 28.2. The average Bonchev–Trinajstić information content (AvgIpc) is 2.42.